The quantitative estimate of drug-likeness (QED) is 0.824. The van der Waals surface area contributed by atoms with Gasteiger partial charge in [-0.25, -0.2) is 14.8 Å². The third-order valence-electron chi connectivity index (χ3n) is 2.23. The lowest BCUT2D eigenvalue weighted by atomic mass is 10.3. The van der Waals surface area contributed by atoms with E-state index in [1.165, 1.54) is 12.4 Å². The normalized spacial score (nSPS) is 10.5. The van der Waals surface area contributed by atoms with Crippen LogP contribution in [-0.4, -0.2) is 33.6 Å². The highest BCUT2D eigenvalue weighted by molar-refractivity contribution is 5.86. The summed E-state index contributed by atoms with van der Waals surface area (Å²) in [6.45, 7) is 7.07. The van der Waals surface area contributed by atoms with E-state index in [0.29, 0.717) is 12.0 Å². The predicted molar refractivity (Wildman–Crippen MR) is 61.8 cm³/mol. The van der Waals surface area contributed by atoms with Crippen LogP contribution in [0.15, 0.2) is 12.4 Å². The van der Waals surface area contributed by atoms with Crippen molar-refractivity contribution >= 4 is 11.9 Å². The minimum atomic E-state index is -1.00. The molecule has 1 rings (SSSR count). The number of nitrogens with zero attached hydrogens (tertiary/aromatic N) is 3. The fourth-order valence-electron chi connectivity index (χ4n) is 1.41. The first-order chi connectivity index (χ1) is 7.56. The molecule has 0 aliphatic rings. The molecule has 0 bridgehead atoms. The van der Waals surface area contributed by atoms with Gasteiger partial charge < -0.3 is 10.0 Å². The van der Waals surface area contributed by atoms with Gasteiger partial charge in [0.25, 0.3) is 0 Å². The SMILES string of the molecule is CCCN(c1ncc(C(=O)O)cn1)C(C)C. The van der Waals surface area contributed by atoms with Gasteiger partial charge in [-0.05, 0) is 20.3 Å². The molecule has 5 heteroatoms. The highest BCUT2D eigenvalue weighted by atomic mass is 16.4. The van der Waals surface area contributed by atoms with Crippen LogP contribution in [0, 0.1) is 0 Å². The van der Waals surface area contributed by atoms with Crippen LogP contribution in [0.3, 0.4) is 0 Å². The van der Waals surface area contributed by atoms with Gasteiger partial charge in [0.2, 0.25) is 5.95 Å². The van der Waals surface area contributed by atoms with E-state index in [-0.39, 0.29) is 5.56 Å². The van der Waals surface area contributed by atoms with E-state index in [2.05, 4.69) is 30.7 Å². The lowest BCUT2D eigenvalue weighted by molar-refractivity contribution is 0.0696. The number of aromatic carboxylic acids is 1. The summed E-state index contributed by atoms with van der Waals surface area (Å²) in [5.74, 6) is -0.417. The lowest BCUT2D eigenvalue weighted by Crippen LogP contribution is -2.33. The Balaban J connectivity index is 2.89. The Hall–Kier alpha value is -1.65. The van der Waals surface area contributed by atoms with Gasteiger partial charge in [-0.3, -0.25) is 0 Å². The monoisotopic (exact) mass is 223 g/mol. The number of anilines is 1. The highest BCUT2D eigenvalue weighted by Gasteiger charge is 2.13. The number of carboxylic acid groups (broad SMARTS) is 1. The van der Waals surface area contributed by atoms with Crippen molar-refractivity contribution in [2.24, 2.45) is 0 Å². The van der Waals surface area contributed by atoms with Crippen molar-refractivity contribution in [1.82, 2.24) is 9.97 Å². The molecule has 0 aromatic carbocycles. The average Bonchev–Trinajstić information content (AvgIpc) is 2.25. The largest absolute Gasteiger partial charge is 0.478 e. The van der Waals surface area contributed by atoms with Crippen molar-refractivity contribution in [3.05, 3.63) is 18.0 Å². The van der Waals surface area contributed by atoms with Crippen molar-refractivity contribution in [3.8, 4) is 0 Å². The summed E-state index contributed by atoms with van der Waals surface area (Å²) in [5, 5.41) is 8.73. The van der Waals surface area contributed by atoms with E-state index in [0.717, 1.165) is 13.0 Å². The minimum absolute atomic E-state index is 0.115. The summed E-state index contributed by atoms with van der Waals surface area (Å²) in [5.41, 5.74) is 0.115. The first-order valence-corrected chi connectivity index (χ1v) is 5.38. The zero-order chi connectivity index (χ0) is 12.1. The summed E-state index contributed by atoms with van der Waals surface area (Å²) < 4.78 is 0. The average molecular weight is 223 g/mol. The maximum absolute atomic E-state index is 10.6. The van der Waals surface area contributed by atoms with Crippen molar-refractivity contribution < 1.29 is 9.90 Å². The number of aromatic nitrogens is 2. The second-order valence-electron chi connectivity index (χ2n) is 3.86. The molecule has 5 nitrogen and oxygen atoms in total. The second-order valence-corrected chi connectivity index (χ2v) is 3.86. The minimum Gasteiger partial charge on any atom is -0.478 e. The van der Waals surface area contributed by atoms with Crippen molar-refractivity contribution in [1.29, 1.82) is 0 Å². The van der Waals surface area contributed by atoms with Gasteiger partial charge >= 0.3 is 5.97 Å². The van der Waals surface area contributed by atoms with Crippen molar-refractivity contribution in [3.63, 3.8) is 0 Å². The molecule has 1 aromatic rings. The fourth-order valence-corrected chi connectivity index (χ4v) is 1.41. The van der Waals surface area contributed by atoms with Gasteiger partial charge in [0.05, 0.1) is 5.56 Å². The molecule has 0 saturated heterocycles. The molecule has 88 valence electrons. The predicted octanol–water partition coefficient (Wildman–Crippen LogP) is 1.80. The summed E-state index contributed by atoms with van der Waals surface area (Å²) >= 11 is 0. The Labute approximate surface area is 95.1 Å². The van der Waals surface area contributed by atoms with Crippen LogP contribution in [0.4, 0.5) is 5.95 Å². The third-order valence-corrected chi connectivity index (χ3v) is 2.23. The number of hydrogen-bond donors (Lipinski definition) is 1. The van der Waals surface area contributed by atoms with Crippen LogP contribution in [-0.2, 0) is 0 Å². The maximum atomic E-state index is 10.6. The molecule has 1 aromatic heterocycles. The van der Waals surface area contributed by atoms with Crippen LogP contribution in [0.5, 0.6) is 0 Å². The Bertz CT molecular complexity index is 349. The van der Waals surface area contributed by atoms with E-state index >= 15 is 0 Å². The molecule has 1 N–H and O–H groups in total. The molecule has 0 saturated carbocycles. The zero-order valence-corrected chi connectivity index (χ0v) is 9.84. The standard InChI is InChI=1S/C11H17N3O2/c1-4-5-14(8(2)3)11-12-6-9(7-13-11)10(15)16/h6-8H,4-5H2,1-3H3,(H,15,16). The maximum Gasteiger partial charge on any atom is 0.338 e. The zero-order valence-electron chi connectivity index (χ0n) is 9.84. The molecule has 16 heavy (non-hydrogen) atoms. The van der Waals surface area contributed by atoms with Gasteiger partial charge in [-0.15, -0.1) is 0 Å². The van der Waals surface area contributed by atoms with Crippen LogP contribution >= 0.6 is 0 Å². The summed E-state index contributed by atoms with van der Waals surface area (Å²) in [7, 11) is 0. The number of carboxylic acids is 1. The topological polar surface area (TPSA) is 66.3 Å². The van der Waals surface area contributed by atoms with Crippen LogP contribution < -0.4 is 4.90 Å². The molecule has 0 unspecified atom stereocenters. The van der Waals surface area contributed by atoms with Crippen molar-refractivity contribution in [2.75, 3.05) is 11.4 Å². The highest BCUT2D eigenvalue weighted by Crippen LogP contribution is 2.11. The molecule has 0 atom stereocenters. The molecular weight excluding hydrogens is 206 g/mol. The molecule has 0 fully saturated rings. The van der Waals surface area contributed by atoms with E-state index < -0.39 is 5.97 Å². The van der Waals surface area contributed by atoms with Gasteiger partial charge in [-0.2, -0.15) is 0 Å². The van der Waals surface area contributed by atoms with E-state index in [9.17, 15) is 4.79 Å². The van der Waals surface area contributed by atoms with E-state index in [1.807, 2.05) is 4.90 Å². The van der Waals surface area contributed by atoms with Gasteiger partial charge in [0.1, 0.15) is 0 Å². The van der Waals surface area contributed by atoms with E-state index in [1.54, 1.807) is 0 Å². The first kappa shape index (κ1) is 12.4. The molecule has 1 heterocycles. The lowest BCUT2D eigenvalue weighted by Gasteiger charge is -2.25. The van der Waals surface area contributed by atoms with Crippen LogP contribution in [0.25, 0.3) is 0 Å². The number of hydrogen-bond acceptors (Lipinski definition) is 4. The third kappa shape index (κ3) is 2.92. The molecule has 0 aliphatic heterocycles. The fraction of sp³-hybridized carbons (Fsp3) is 0.545. The molecular formula is C11H17N3O2. The van der Waals surface area contributed by atoms with Crippen molar-refractivity contribution in [2.45, 2.75) is 33.2 Å². The Kier molecular flexibility index (Phi) is 4.22. The molecule has 0 amide bonds. The Morgan fingerprint density at radius 3 is 2.38 bits per heavy atom. The molecule has 0 radical (unpaired) electrons. The molecule has 0 spiro atoms. The molecule has 0 aliphatic carbocycles. The van der Waals surface area contributed by atoms with Crippen LogP contribution in [0.1, 0.15) is 37.6 Å². The van der Waals surface area contributed by atoms with Gasteiger partial charge in [-0.1, -0.05) is 6.92 Å². The van der Waals surface area contributed by atoms with Gasteiger partial charge in [0.15, 0.2) is 0 Å². The van der Waals surface area contributed by atoms with Crippen LogP contribution in [0.2, 0.25) is 0 Å². The van der Waals surface area contributed by atoms with Gasteiger partial charge in [0, 0.05) is 25.0 Å². The Morgan fingerprint density at radius 2 is 2.00 bits per heavy atom. The summed E-state index contributed by atoms with van der Waals surface area (Å²) in [6, 6.07) is 0.302. The first-order valence-electron chi connectivity index (χ1n) is 5.38. The smallest absolute Gasteiger partial charge is 0.338 e. The summed E-state index contributed by atoms with van der Waals surface area (Å²) in [4.78, 5) is 20.8. The Morgan fingerprint density at radius 1 is 1.44 bits per heavy atom. The number of rotatable bonds is 5. The second kappa shape index (κ2) is 5.44. The number of carbonyl (C=O) groups is 1. The van der Waals surface area contributed by atoms with E-state index in [4.69, 9.17) is 5.11 Å². The summed E-state index contributed by atoms with van der Waals surface area (Å²) in [6.07, 6.45) is 3.69.